The minimum Gasteiger partial charge on any atom is -0.496 e. The normalized spacial score (nSPS) is 18.5. The minimum absolute atomic E-state index is 0.127. The Bertz CT molecular complexity index is 887. The lowest BCUT2D eigenvalue weighted by molar-refractivity contribution is -0.121. The van der Waals surface area contributed by atoms with Crippen LogP contribution in [0, 0.1) is 0 Å². The van der Waals surface area contributed by atoms with E-state index in [0.717, 1.165) is 11.0 Å². The maximum absolute atomic E-state index is 12.8. The molecule has 2 aromatic rings. The van der Waals surface area contributed by atoms with Crippen molar-refractivity contribution in [1.29, 1.82) is 0 Å². The highest BCUT2D eigenvalue weighted by Crippen LogP contribution is 2.28. The average Bonchev–Trinajstić information content (AvgIpc) is 2.71. The molecule has 2 heterocycles. The minimum atomic E-state index is -0.501. The summed E-state index contributed by atoms with van der Waals surface area (Å²) in [4.78, 5) is 39.6. The van der Waals surface area contributed by atoms with E-state index in [4.69, 9.17) is 4.74 Å². The average molecular weight is 382 g/mol. The SMILES string of the molecule is COc1cc2c(=O)n(C3CCCNC(=O)C3)c(=O)[nH]c2cc1Br. The standard InChI is InChI=1S/C15H16BrN3O4/c1-23-12-6-9-11(7-10(12)16)18-15(22)19(14(9)21)8-3-2-4-17-13(20)5-8/h6-8H,2-5H2,1H3,(H,17,20)(H,18,22). The molecular weight excluding hydrogens is 366 g/mol. The number of aromatic amines is 1. The van der Waals surface area contributed by atoms with Crippen LogP contribution in [0.1, 0.15) is 25.3 Å². The van der Waals surface area contributed by atoms with Crippen LogP contribution in [0.4, 0.5) is 0 Å². The van der Waals surface area contributed by atoms with E-state index in [1.165, 1.54) is 7.11 Å². The Morgan fingerprint density at radius 3 is 2.83 bits per heavy atom. The van der Waals surface area contributed by atoms with Crippen LogP contribution in [0.2, 0.25) is 0 Å². The van der Waals surface area contributed by atoms with Crippen molar-refractivity contribution in [3.05, 3.63) is 37.4 Å². The number of aromatic nitrogens is 2. The van der Waals surface area contributed by atoms with Crippen LogP contribution in [0.15, 0.2) is 26.2 Å². The van der Waals surface area contributed by atoms with Gasteiger partial charge in [0.1, 0.15) is 5.75 Å². The summed E-state index contributed by atoms with van der Waals surface area (Å²) in [7, 11) is 1.51. The van der Waals surface area contributed by atoms with Crippen LogP contribution in [0.3, 0.4) is 0 Å². The van der Waals surface area contributed by atoms with Gasteiger partial charge in [0.15, 0.2) is 0 Å². The predicted molar refractivity (Wildman–Crippen MR) is 89.0 cm³/mol. The Balaban J connectivity index is 2.21. The molecule has 0 saturated carbocycles. The molecule has 0 radical (unpaired) electrons. The fraction of sp³-hybridized carbons (Fsp3) is 0.400. The predicted octanol–water partition coefficient (Wildman–Crippen LogP) is 1.30. The third-order valence-corrected chi connectivity index (χ3v) is 4.64. The second-order valence-corrected chi connectivity index (χ2v) is 6.34. The zero-order chi connectivity index (χ0) is 16.6. The van der Waals surface area contributed by atoms with Crippen LogP contribution < -0.4 is 21.3 Å². The molecule has 1 aliphatic heterocycles. The number of carbonyl (C=O) groups is 1. The number of rotatable bonds is 2. The number of benzene rings is 1. The number of ether oxygens (including phenoxy) is 1. The number of H-pyrrole nitrogens is 1. The van der Waals surface area contributed by atoms with Gasteiger partial charge in [-0.05, 0) is 40.9 Å². The zero-order valence-corrected chi connectivity index (χ0v) is 14.1. The maximum Gasteiger partial charge on any atom is 0.329 e. The molecule has 1 aliphatic rings. The van der Waals surface area contributed by atoms with E-state index in [-0.39, 0.29) is 12.3 Å². The van der Waals surface area contributed by atoms with E-state index in [1.807, 2.05) is 0 Å². The van der Waals surface area contributed by atoms with Crippen molar-refractivity contribution < 1.29 is 9.53 Å². The molecule has 1 unspecified atom stereocenters. The van der Waals surface area contributed by atoms with Crippen LogP contribution in [0.25, 0.3) is 10.9 Å². The van der Waals surface area contributed by atoms with Gasteiger partial charge in [-0.3, -0.25) is 14.2 Å². The number of carbonyl (C=O) groups excluding carboxylic acids is 1. The number of hydrogen-bond donors (Lipinski definition) is 2. The molecular formula is C15H16BrN3O4. The summed E-state index contributed by atoms with van der Waals surface area (Å²) in [5, 5.41) is 3.11. The van der Waals surface area contributed by atoms with Crippen molar-refractivity contribution in [1.82, 2.24) is 14.9 Å². The fourth-order valence-electron chi connectivity index (χ4n) is 2.89. The topological polar surface area (TPSA) is 93.2 Å². The molecule has 1 fully saturated rings. The maximum atomic E-state index is 12.8. The van der Waals surface area contributed by atoms with Gasteiger partial charge in [-0.2, -0.15) is 0 Å². The van der Waals surface area contributed by atoms with Crippen molar-refractivity contribution in [3.63, 3.8) is 0 Å². The van der Waals surface area contributed by atoms with Crippen LogP contribution in [-0.4, -0.2) is 29.1 Å². The van der Waals surface area contributed by atoms with Crippen LogP contribution >= 0.6 is 15.9 Å². The number of hydrogen-bond acceptors (Lipinski definition) is 4. The van der Waals surface area contributed by atoms with Crippen LogP contribution in [0.5, 0.6) is 5.75 Å². The first kappa shape index (κ1) is 15.8. The summed E-state index contributed by atoms with van der Waals surface area (Å²) in [6.07, 6.45) is 1.45. The summed E-state index contributed by atoms with van der Waals surface area (Å²) >= 11 is 3.33. The molecule has 3 rings (SSSR count). The van der Waals surface area contributed by atoms with Gasteiger partial charge >= 0.3 is 5.69 Å². The molecule has 1 atom stereocenters. The van der Waals surface area contributed by atoms with Crippen molar-refractivity contribution in [3.8, 4) is 5.75 Å². The number of methoxy groups -OCH3 is 1. The van der Waals surface area contributed by atoms with Gasteiger partial charge in [0, 0.05) is 13.0 Å². The monoisotopic (exact) mass is 381 g/mol. The molecule has 8 heteroatoms. The molecule has 1 aromatic heterocycles. The molecule has 2 N–H and O–H groups in total. The van der Waals surface area contributed by atoms with E-state index < -0.39 is 17.3 Å². The second-order valence-electron chi connectivity index (χ2n) is 5.49. The molecule has 1 aromatic carbocycles. The summed E-state index contributed by atoms with van der Waals surface area (Å²) in [5.41, 5.74) is -0.476. The van der Waals surface area contributed by atoms with Crippen molar-refractivity contribution in [2.75, 3.05) is 13.7 Å². The van der Waals surface area contributed by atoms with Gasteiger partial charge in [-0.1, -0.05) is 0 Å². The van der Waals surface area contributed by atoms with Gasteiger partial charge in [-0.15, -0.1) is 0 Å². The van der Waals surface area contributed by atoms with E-state index in [2.05, 4.69) is 26.2 Å². The third-order valence-electron chi connectivity index (χ3n) is 4.02. The number of nitrogens with zero attached hydrogens (tertiary/aromatic N) is 1. The lowest BCUT2D eigenvalue weighted by Crippen LogP contribution is -2.39. The largest absolute Gasteiger partial charge is 0.496 e. The second kappa shape index (κ2) is 6.19. The van der Waals surface area contributed by atoms with Crippen LogP contribution in [-0.2, 0) is 4.79 Å². The number of halogens is 1. The van der Waals surface area contributed by atoms with Gasteiger partial charge in [0.2, 0.25) is 5.91 Å². The fourth-order valence-corrected chi connectivity index (χ4v) is 3.40. The van der Waals surface area contributed by atoms with Gasteiger partial charge in [0.05, 0.1) is 28.5 Å². The Morgan fingerprint density at radius 1 is 1.30 bits per heavy atom. The van der Waals surface area contributed by atoms with Crippen molar-refractivity contribution in [2.24, 2.45) is 0 Å². The Morgan fingerprint density at radius 2 is 2.09 bits per heavy atom. The summed E-state index contributed by atoms with van der Waals surface area (Å²) in [6, 6.07) is 2.79. The Labute approximate surface area is 139 Å². The number of fused-ring (bicyclic) bond motifs is 1. The molecule has 1 amide bonds. The van der Waals surface area contributed by atoms with E-state index >= 15 is 0 Å². The summed E-state index contributed by atoms with van der Waals surface area (Å²) in [6.45, 7) is 0.566. The Hall–Kier alpha value is -2.09. The first-order valence-electron chi connectivity index (χ1n) is 7.30. The third kappa shape index (κ3) is 2.90. The molecule has 7 nitrogen and oxygen atoms in total. The number of amides is 1. The molecule has 23 heavy (non-hydrogen) atoms. The van der Waals surface area contributed by atoms with Crippen molar-refractivity contribution in [2.45, 2.75) is 25.3 Å². The first-order chi connectivity index (χ1) is 11.0. The van der Waals surface area contributed by atoms with E-state index in [9.17, 15) is 14.4 Å². The summed E-state index contributed by atoms with van der Waals surface area (Å²) in [5.74, 6) is 0.360. The lowest BCUT2D eigenvalue weighted by Gasteiger charge is -2.16. The van der Waals surface area contributed by atoms with Gasteiger partial charge in [0.25, 0.3) is 5.56 Å². The van der Waals surface area contributed by atoms with Gasteiger partial charge < -0.3 is 15.0 Å². The highest BCUT2D eigenvalue weighted by atomic mass is 79.9. The molecule has 0 aliphatic carbocycles. The smallest absolute Gasteiger partial charge is 0.329 e. The highest BCUT2D eigenvalue weighted by Gasteiger charge is 2.23. The number of nitrogens with one attached hydrogen (secondary N) is 2. The molecule has 0 spiro atoms. The molecule has 122 valence electrons. The lowest BCUT2D eigenvalue weighted by atomic mass is 10.1. The van der Waals surface area contributed by atoms with E-state index in [0.29, 0.717) is 34.1 Å². The highest BCUT2D eigenvalue weighted by molar-refractivity contribution is 9.10. The van der Waals surface area contributed by atoms with Gasteiger partial charge in [-0.25, -0.2) is 4.79 Å². The quantitative estimate of drug-likeness (QED) is 0.819. The van der Waals surface area contributed by atoms with E-state index in [1.54, 1.807) is 12.1 Å². The zero-order valence-electron chi connectivity index (χ0n) is 12.5. The first-order valence-corrected chi connectivity index (χ1v) is 8.09. The Kier molecular flexibility index (Phi) is 4.25. The molecule has 1 saturated heterocycles. The molecule has 0 bridgehead atoms. The van der Waals surface area contributed by atoms with Crippen molar-refractivity contribution >= 4 is 32.7 Å². The summed E-state index contributed by atoms with van der Waals surface area (Å²) < 4.78 is 7.01.